The van der Waals surface area contributed by atoms with E-state index in [9.17, 15) is 18.0 Å². The lowest BCUT2D eigenvalue weighted by molar-refractivity contribution is -0.0145. The van der Waals surface area contributed by atoms with Gasteiger partial charge < -0.3 is 25.1 Å². The van der Waals surface area contributed by atoms with Crippen LogP contribution in [0.2, 0.25) is 0 Å². The summed E-state index contributed by atoms with van der Waals surface area (Å²) in [4.78, 5) is 18.8. The van der Waals surface area contributed by atoms with E-state index >= 15 is 0 Å². The first-order chi connectivity index (χ1) is 16.1. The van der Waals surface area contributed by atoms with Crippen molar-refractivity contribution in [2.24, 2.45) is 10.7 Å². The van der Waals surface area contributed by atoms with Gasteiger partial charge in [-0.3, -0.25) is 9.79 Å². The first-order valence-electron chi connectivity index (χ1n) is 10.6. The zero-order valence-corrected chi connectivity index (χ0v) is 20.2. The molecule has 0 fully saturated rings. The van der Waals surface area contributed by atoms with Gasteiger partial charge >= 0.3 is 0 Å². The van der Waals surface area contributed by atoms with Gasteiger partial charge in [0.15, 0.2) is 11.3 Å². The van der Waals surface area contributed by atoms with E-state index in [1.165, 1.54) is 6.07 Å². The molecule has 4 rings (SSSR count). The van der Waals surface area contributed by atoms with Gasteiger partial charge in [0.25, 0.3) is 12.3 Å². The molecule has 1 aromatic heterocycles. The predicted molar refractivity (Wildman–Crippen MR) is 130 cm³/mol. The number of halogens is 4. The van der Waals surface area contributed by atoms with Crippen molar-refractivity contribution in [2.75, 3.05) is 32.6 Å². The van der Waals surface area contributed by atoms with Crippen LogP contribution >= 0.6 is 12.4 Å². The third-order valence-corrected chi connectivity index (χ3v) is 5.67. The third kappa shape index (κ3) is 5.14. The smallest absolute Gasteiger partial charge is 0.291 e. The second-order valence-electron chi connectivity index (χ2n) is 8.59. The molecule has 1 amide bonds. The summed E-state index contributed by atoms with van der Waals surface area (Å²) < 4.78 is 53.6. The topological polar surface area (TPSA) is 93.1 Å². The zero-order chi connectivity index (χ0) is 24.6. The number of nitrogens with one attached hydrogen (secondary N) is 1. The summed E-state index contributed by atoms with van der Waals surface area (Å²) >= 11 is 0. The standard InChI is InChI=1S/C24H25F3N4O3.ClH/c1-13-16-8-14(10-31(2)3)4-7-19(16)34-21(13)22(32)29-15-5-6-18(25)17(9-15)24(23(26)27)12-33-11-20(28)30-24;/h4-9,23H,10-12H2,1-3H3,(H2,28,30)(H,29,32);1H/t24-;/m0./s1. The molecule has 0 spiro atoms. The first-order valence-corrected chi connectivity index (χ1v) is 10.6. The lowest BCUT2D eigenvalue weighted by Crippen LogP contribution is -2.45. The molecule has 0 bridgehead atoms. The van der Waals surface area contributed by atoms with Crippen LogP contribution in [-0.4, -0.2) is 50.4 Å². The number of carbonyl (C=O) groups excluding carboxylic acids is 1. The van der Waals surface area contributed by atoms with E-state index in [4.69, 9.17) is 14.9 Å². The minimum absolute atomic E-state index is 0. The summed E-state index contributed by atoms with van der Waals surface area (Å²) in [7, 11) is 3.92. The van der Waals surface area contributed by atoms with Gasteiger partial charge in [-0.25, -0.2) is 13.2 Å². The van der Waals surface area contributed by atoms with Crippen molar-refractivity contribution in [1.29, 1.82) is 0 Å². The monoisotopic (exact) mass is 510 g/mol. The summed E-state index contributed by atoms with van der Waals surface area (Å²) in [6.45, 7) is 1.83. The van der Waals surface area contributed by atoms with E-state index in [1.54, 1.807) is 13.0 Å². The molecule has 0 saturated heterocycles. The van der Waals surface area contributed by atoms with Crippen molar-refractivity contribution in [3.63, 3.8) is 0 Å². The average molecular weight is 511 g/mol. The molecule has 35 heavy (non-hydrogen) atoms. The molecular weight excluding hydrogens is 485 g/mol. The molecule has 1 atom stereocenters. The lowest BCUT2D eigenvalue weighted by atomic mass is 9.90. The number of aliphatic imine (C=N–C) groups is 1. The number of amidine groups is 1. The maximum Gasteiger partial charge on any atom is 0.291 e. The predicted octanol–water partition coefficient (Wildman–Crippen LogP) is 4.46. The van der Waals surface area contributed by atoms with Crippen molar-refractivity contribution in [3.8, 4) is 0 Å². The number of hydrogen-bond donors (Lipinski definition) is 2. The van der Waals surface area contributed by atoms with Crippen molar-refractivity contribution < 1.29 is 27.1 Å². The summed E-state index contributed by atoms with van der Waals surface area (Å²) in [6, 6.07) is 9.07. The quantitative estimate of drug-likeness (QED) is 0.510. The summed E-state index contributed by atoms with van der Waals surface area (Å²) in [5.41, 5.74) is 5.23. The second-order valence-corrected chi connectivity index (χ2v) is 8.59. The highest BCUT2D eigenvalue weighted by atomic mass is 35.5. The average Bonchev–Trinajstić information content (AvgIpc) is 3.10. The van der Waals surface area contributed by atoms with Gasteiger partial charge in [0, 0.05) is 28.7 Å². The highest BCUT2D eigenvalue weighted by Gasteiger charge is 2.46. The SMILES string of the molecule is Cc1c(C(=O)Nc2ccc(F)c([C@]3(C(F)F)COCC(N)=N3)c2)oc2ccc(CN(C)C)cc12.Cl. The number of hydrogen-bond acceptors (Lipinski definition) is 6. The molecule has 11 heteroatoms. The molecule has 2 aromatic carbocycles. The molecule has 3 aromatic rings. The minimum Gasteiger partial charge on any atom is -0.451 e. The van der Waals surface area contributed by atoms with Gasteiger partial charge in [-0.05, 0) is 56.9 Å². The Morgan fingerprint density at radius 1 is 1.26 bits per heavy atom. The molecule has 1 aliphatic heterocycles. The Morgan fingerprint density at radius 3 is 2.66 bits per heavy atom. The fraction of sp³-hybridized carbons (Fsp3) is 0.333. The number of alkyl halides is 2. The van der Waals surface area contributed by atoms with E-state index in [0.29, 0.717) is 11.1 Å². The minimum atomic E-state index is -3.08. The number of amides is 1. The first kappa shape index (κ1) is 26.5. The molecule has 2 heterocycles. The molecule has 7 nitrogen and oxygen atoms in total. The van der Waals surface area contributed by atoms with Crippen LogP contribution in [0, 0.1) is 12.7 Å². The summed E-state index contributed by atoms with van der Waals surface area (Å²) in [5, 5.41) is 3.40. The van der Waals surface area contributed by atoms with Crippen LogP contribution in [0.15, 0.2) is 45.8 Å². The highest BCUT2D eigenvalue weighted by molar-refractivity contribution is 6.06. The van der Waals surface area contributed by atoms with Crippen LogP contribution in [0.4, 0.5) is 18.9 Å². The molecule has 0 saturated carbocycles. The number of rotatable bonds is 6. The Kier molecular flexibility index (Phi) is 7.78. The Labute approximate surface area is 206 Å². The van der Waals surface area contributed by atoms with Crippen LogP contribution < -0.4 is 11.1 Å². The number of nitrogens with two attached hydrogens (primary N) is 1. The summed E-state index contributed by atoms with van der Waals surface area (Å²) in [6.07, 6.45) is -3.08. The fourth-order valence-electron chi connectivity index (χ4n) is 4.07. The molecular formula is C24H26ClF3N4O3. The van der Waals surface area contributed by atoms with Crippen LogP contribution in [0.25, 0.3) is 11.0 Å². The van der Waals surface area contributed by atoms with Gasteiger partial charge in [0.1, 0.15) is 23.8 Å². The number of nitrogens with zero attached hydrogens (tertiary/aromatic N) is 2. The van der Waals surface area contributed by atoms with Gasteiger partial charge in [0.2, 0.25) is 0 Å². The molecule has 188 valence electrons. The number of benzene rings is 2. The van der Waals surface area contributed by atoms with Gasteiger partial charge in [-0.1, -0.05) is 6.07 Å². The van der Waals surface area contributed by atoms with E-state index < -0.39 is 35.9 Å². The Bertz CT molecular complexity index is 1280. The largest absolute Gasteiger partial charge is 0.451 e. The van der Waals surface area contributed by atoms with Gasteiger partial charge in [-0.2, -0.15) is 0 Å². The van der Waals surface area contributed by atoms with E-state index in [-0.39, 0.29) is 36.3 Å². The van der Waals surface area contributed by atoms with Crippen LogP contribution in [0.5, 0.6) is 0 Å². The third-order valence-electron chi connectivity index (χ3n) is 5.67. The van der Waals surface area contributed by atoms with Crippen molar-refractivity contribution in [1.82, 2.24) is 4.90 Å². The van der Waals surface area contributed by atoms with E-state index in [0.717, 1.165) is 29.6 Å². The number of furan rings is 1. The van der Waals surface area contributed by atoms with Crippen LogP contribution in [-0.2, 0) is 16.8 Å². The zero-order valence-electron chi connectivity index (χ0n) is 19.4. The normalized spacial score (nSPS) is 18.0. The molecule has 0 radical (unpaired) electrons. The van der Waals surface area contributed by atoms with Crippen molar-refractivity contribution in [2.45, 2.75) is 25.4 Å². The molecule has 0 aliphatic carbocycles. The summed E-state index contributed by atoms with van der Waals surface area (Å²) in [5.74, 6) is -1.58. The maximum atomic E-state index is 14.6. The Hall–Kier alpha value is -3.08. The van der Waals surface area contributed by atoms with Crippen LogP contribution in [0.1, 0.15) is 27.2 Å². The number of aryl methyl sites for hydroxylation is 1. The molecule has 0 unspecified atom stereocenters. The van der Waals surface area contributed by atoms with E-state index in [2.05, 4.69) is 10.3 Å². The fourth-order valence-corrected chi connectivity index (χ4v) is 4.07. The molecule has 3 N–H and O–H groups in total. The number of ether oxygens (including phenoxy) is 1. The number of anilines is 1. The highest BCUT2D eigenvalue weighted by Crippen LogP contribution is 2.38. The maximum absolute atomic E-state index is 14.6. The van der Waals surface area contributed by atoms with Crippen molar-refractivity contribution in [3.05, 3.63) is 64.7 Å². The molecule has 1 aliphatic rings. The Balaban J connectivity index is 0.00000342. The van der Waals surface area contributed by atoms with Crippen molar-refractivity contribution >= 4 is 40.8 Å². The second kappa shape index (κ2) is 10.3. The number of fused-ring (bicyclic) bond motifs is 1. The van der Waals surface area contributed by atoms with Gasteiger partial charge in [0.05, 0.1) is 6.61 Å². The van der Waals surface area contributed by atoms with Gasteiger partial charge in [-0.15, -0.1) is 12.4 Å². The van der Waals surface area contributed by atoms with Crippen LogP contribution in [0.3, 0.4) is 0 Å². The lowest BCUT2D eigenvalue weighted by Gasteiger charge is -2.33. The van der Waals surface area contributed by atoms with E-state index in [1.807, 2.05) is 31.1 Å². The Morgan fingerprint density at radius 2 is 2.00 bits per heavy atom. The number of carbonyl (C=O) groups is 1.